The van der Waals surface area contributed by atoms with Crippen LogP contribution in [0, 0.1) is 13.8 Å². The minimum atomic E-state index is 0.0150. The fraction of sp³-hybridized carbons (Fsp3) is 0.350. The van der Waals surface area contributed by atoms with Gasteiger partial charge in [-0.3, -0.25) is 4.79 Å². The van der Waals surface area contributed by atoms with Crippen molar-refractivity contribution >= 4 is 11.6 Å². The summed E-state index contributed by atoms with van der Waals surface area (Å²) in [5.41, 5.74) is 3.45. The largest absolute Gasteiger partial charge is 0.493 e. The van der Waals surface area contributed by atoms with Crippen LogP contribution in [0.1, 0.15) is 17.5 Å². The third-order valence-electron chi connectivity index (χ3n) is 3.88. The first-order valence-corrected chi connectivity index (χ1v) is 8.29. The van der Waals surface area contributed by atoms with Gasteiger partial charge in [0.1, 0.15) is 5.75 Å². The normalized spacial score (nSPS) is 10.3. The Kier molecular flexibility index (Phi) is 6.67. The number of amides is 1. The molecule has 0 fully saturated rings. The molecule has 0 radical (unpaired) electrons. The van der Waals surface area contributed by atoms with Crippen LogP contribution in [0.25, 0.3) is 0 Å². The zero-order valence-corrected chi connectivity index (χ0v) is 14.7. The summed E-state index contributed by atoms with van der Waals surface area (Å²) in [6.45, 7) is 5.85. The van der Waals surface area contributed by atoms with Gasteiger partial charge in [0.15, 0.2) is 0 Å². The number of aryl methyl sites for hydroxylation is 2. The number of anilines is 1. The summed E-state index contributed by atoms with van der Waals surface area (Å²) >= 11 is 0. The molecule has 2 aromatic rings. The average Bonchev–Trinajstić information content (AvgIpc) is 2.57. The summed E-state index contributed by atoms with van der Waals surface area (Å²) in [6, 6.07) is 16.2. The number of nitrogens with one attached hydrogen (secondary N) is 1. The summed E-state index contributed by atoms with van der Waals surface area (Å²) in [4.78, 5) is 14.0. The standard InChI is InChI=1S/C20H26N2O2/c1-16-9-10-19(17(2)15-16)24-14-11-20(23)21-12-13-22(3)18-7-5-4-6-8-18/h4-10,15H,11-14H2,1-3H3,(H,21,23). The highest BCUT2D eigenvalue weighted by molar-refractivity contribution is 5.76. The van der Waals surface area contributed by atoms with E-state index in [1.165, 1.54) is 5.56 Å². The van der Waals surface area contributed by atoms with Crippen molar-refractivity contribution in [2.24, 2.45) is 0 Å². The molecule has 24 heavy (non-hydrogen) atoms. The Labute approximate surface area is 144 Å². The Balaban J connectivity index is 1.65. The van der Waals surface area contributed by atoms with Crippen molar-refractivity contribution < 1.29 is 9.53 Å². The number of likely N-dealkylation sites (N-methyl/N-ethyl adjacent to an activating group) is 1. The fourth-order valence-electron chi connectivity index (χ4n) is 2.48. The molecule has 0 atom stereocenters. The second kappa shape index (κ2) is 8.96. The third kappa shape index (κ3) is 5.61. The van der Waals surface area contributed by atoms with E-state index in [-0.39, 0.29) is 5.91 Å². The monoisotopic (exact) mass is 326 g/mol. The number of benzene rings is 2. The van der Waals surface area contributed by atoms with E-state index < -0.39 is 0 Å². The fourth-order valence-corrected chi connectivity index (χ4v) is 2.48. The number of hydrogen-bond acceptors (Lipinski definition) is 3. The van der Waals surface area contributed by atoms with Crippen molar-refractivity contribution in [3.05, 3.63) is 59.7 Å². The second-order valence-corrected chi connectivity index (χ2v) is 5.97. The highest BCUT2D eigenvalue weighted by Gasteiger charge is 2.05. The quantitative estimate of drug-likeness (QED) is 0.809. The molecule has 0 unspecified atom stereocenters. The molecule has 0 aromatic heterocycles. The minimum Gasteiger partial charge on any atom is -0.493 e. The molecule has 2 aromatic carbocycles. The molecular formula is C20H26N2O2. The number of rotatable bonds is 8. The first kappa shape index (κ1) is 17.9. The number of carbonyl (C=O) groups excluding carboxylic acids is 1. The first-order chi connectivity index (χ1) is 11.6. The maximum Gasteiger partial charge on any atom is 0.223 e. The lowest BCUT2D eigenvalue weighted by molar-refractivity contribution is -0.121. The number of ether oxygens (including phenoxy) is 1. The van der Waals surface area contributed by atoms with E-state index in [9.17, 15) is 4.79 Å². The van der Waals surface area contributed by atoms with E-state index in [0.29, 0.717) is 19.6 Å². The van der Waals surface area contributed by atoms with E-state index in [4.69, 9.17) is 4.74 Å². The molecule has 4 heteroatoms. The van der Waals surface area contributed by atoms with E-state index in [1.54, 1.807) is 0 Å². The Hall–Kier alpha value is -2.49. The molecule has 0 saturated heterocycles. The molecule has 0 saturated carbocycles. The van der Waals surface area contributed by atoms with E-state index in [1.807, 2.05) is 44.3 Å². The van der Waals surface area contributed by atoms with Gasteiger partial charge >= 0.3 is 0 Å². The van der Waals surface area contributed by atoms with Crippen molar-refractivity contribution in [3.8, 4) is 5.75 Å². The topological polar surface area (TPSA) is 41.6 Å². The summed E-state index contributed by atoms with van der Waals surface area (Å²) in [6.07, 6.45) is 0.363. The van der Waals surface area contributed by atoms with Gasteiger partial charge in [0.2, 0.25) is 5.91 Å². The SMILES string of the molecule is Cc1ccc(OCCC(=O)NCCN(C)c2ccccc2)c(C)c1. The number of carbonyl (C=O) groups is 1. The summed E-state index contributed by atoms with van der Waals surface area (Å²) in [7, 11) is 2.02. The minimum absolute atomic E-state index is 0.0150. The molecule has 0 bridgehead atoms. The molecule has 1 N–H and O–H groups in total. The van der Waals surface area contributed by atoms with Crippen LogP contribution in [0.3, 0.4) is 0 Å². The van der Waals surface area contributed by atoms with Gasteiger partial charge in [0.25, 0.3) is 0 Å². The maximum absolute atomic E-state index is 11.9. The van der Waals surface area contributed by atoms with Crippen LogP contribution in [-0.2, 0) is 4.79 Å². The van der Waals surface area contributed by atoms with Crippen molar-refractivity contribution in [3.63, 3.8) is 0 Å². The van der Waals surface area contributed by atoms with Crippen molar-refractivity contribution in [2.45, 2.75) is 20.3 Å². The Morgan fingerprint density at radius 3 is 2.58 bits per heavy atom. The highest BCUT2D eigenvalue weighted by Crippen LogP contribution is 2.18. The van der Waals surface area contributed by atoms with Crippen molar-refractivity contribution in [2.75, 3.05) is 31.6 Å². The lowest BCUT2D eigenvalue weighted by Gasteiger charge is -2.19. The van der Waals surface area contributed by atoms with Gasteiger partial charge in [-0.1, -0.05) is 35.9 Å². The van der Waals surface area contributed by atoms with Crippen LogP contribution in [0.2, 0.25) is 0 Å². The smallest absolute Gasteiger partial charge is 0.223 e. The van der Waals surface area contributed by atoms with E-state index in [0.717, 1.165) is 23.5 Å². The van der Waals surface area contributed by atoms with Crippen LogP contribution >= 0.6 is 0 Å². The van der Waals surface area contributed by atoms with Crippen LogP contribution in [0.4, 0.5) is 5.69 Å². The lowest BCUT2D eigenvalue weighted by atomic mass is 10.1. The summed E-state index contributed by atoms with van der Waals surface area (Å²) in [5, 5.41) is 2.93. The Morgan fingerprint density at radius 2 is 1.88 bits per heavy atom. The van der Waals surface area contributed by atoms with Crippen molar-refractivity contribution in [1.82, 2.24) is 5.32 Å². The van der Waals surface area contributed by atoms with E-state index in [2.05, 4.69) is 35.3 Å². The molecule has 0 heterocycles. The summed E-state index contributed by atoms with van der Waals surface area (Å²) in [5.74, 6) is 0.860. The van der Waals surface area contributed by atoms with Gasteiger partial charge in [-0.15, -0.1) is 0 Å². The molecule has 0 aliphatic carbocycles. The molecule has 4 nitrogen and oxygen atoms in total. The van der Waals surface area contributed by atoms with Gasteiger partial charge in [-0.2, -0.15) is 0 Å². The third-order valence-corrected chi connectivity index (χ3v) is 3.88. The van der Waals surface area contributed by atoms with Crippen LogP contribution < -0.4 is 15.0 Å². The average molecular weight is 326 g/mol. The van der Waals surface area contributed by atoms with Crippen LogP contribution in [0.15, 0.2) is 48.5 Å². The highest BCUT2D eigenvalue weighted by atomic mass is 16.5. The molecular weight excluding hydrogens is 300 g/mol. The van der Waals surface area contributed by atoms with Gasteiger partial charge < -0.3 is 15.0 Å². The summed E-state index contributed by atoms with van der Waals surface area (Å²) < 4.78 is 5.69. The number of para-hydroxylation sites is 1. The predicted molar refractivity (Wildman–Crippen MR) is 98.7 cm³/mol. The van der Waals surface area contributed by atoms with Gasteiger partial charge in [-0.05, 0) is 37.6 Å². The maximum atomic E-state index is 11.9. The van der Waals surface area contributed by atoms with Gasteiger partial charge in [0, 0.05) is 25.8 Å². The molecule has 0 spiro atoms. The van der Waals surface area contributed by atoms with Crippen LogP contribution in [-0.4, -0.2) is 32.7 Å². The second-order valence-electron chi connectivity index (χ2n) is 5.97. The lowest BCUT2D eigenvalue weighted by Crippen LogP contribution is -2.33. The van der Waals surface area contributed by atoms with Gasteiger partial charge in [-0.25, -0.2) is 0 Å². The number of hydrogen-bond donors (Lipinski definition) is 1. The van der Waals surface area contributed by atoms with Gasteiger partial charge in [0.05, 0.1) is 13.0 Å². The van der Waals surface area contributed by atoms with Crippen molar-refractivity contribution in [1.29, 1.82) is 0 Å². The Bertz CT molecular complexity index is 656. The zero-order valence-electron chi connectivity index (χ0n) is 14.7. The van der Waals surface area contributed by atoms with Crippen LogP contribution in [0.5, 0.6) is 5.75 Å². The molecule has 1 amide bonds. The van der Waals surface area contributed by atoms with E-state index >= 15 is 0 Å². The molecule has 2 rings (SSSR count). The zero-order chi connectivity index (χ0) is 17.4. The predicted octanol–water partition coefficient (Wildman–Crippen LogP) is 3.32. The first-order valence-electron chi connectivity index (χ1n) is 8.29. The molecule has 128 valence electrons. The molecule has 0 aliphatic heterocycles. The molecule has 0 aliphatic rings. The number of nitrogens with zero attached hydrogens (tertiary/aromatic N) is 1. The Morgan fingerprint density at radius 1 is 1.12 bits per heavy atom.